The van der Waals surface area contributed by atoms with Crippen LogP contribution in [0.15, 0.2) is 103 Å². The van der Waals surface area contributed by atoms with Crippen molar-refractivity contribution in [2.45, 2.75) is 68.9 Å². The van der Waals surface area contributed by atoms with Gasteiger partial charge in [0.05, 0.1) is 20.8 Å². The fraction of sp³-hybridized carbons (Fsp3) is 0.368. The molecule has 244 valence electrons. The van der Waals surface area contributed by atoms with Crippen molar-refractivity contribution in [3.05, 3.63) is 131 Å². The zero-order valence-corrected chi connectivity index (χ0v) is 28.7. The minimum absolute atomic E-state index is 0.0251. The molecule has 5 rings (SSSR count). The van der Waals surface area contributed by atoms with Gasteiger partial charge in [0, 0.05) is 0 Å². The normalized spacial score (nSPS) is 20.5. The molecule has 0 bridgehead atoms. The zero-order valence-electron chi connectivity index (χ0n) is 27.7. The fourth-order valence-corrected chi connectivity index (χ4v) is 7.05. The van der Waals surface area contributed by atoms with Gasteiger partial charge in [0.15, 0.2) is 8.32 Å². The van der Waals surface area contributed by atoms with Crippen molar-refractivity contribution in [3.63, 3.8) is 0 Å². The Kier molecular flexibility index (Phi) is 10.1. The van der Waals surface area contributed by atoms with Crippen LogP contribution in [-0.2, 0) is 19.5 Å². The van der Waals surface area contributed by atoms with E-state index in [2.05, 4.69) is 33.9 Å². The molecule has 8 heteroatoms. The van der Waals surface area contributed by atoms with Gasteiger partial charge in [0.25, 0.3) is 0 Å². The Morgan fingerprint density at radius 2 is 1.30 bits per heavy atom. The van der Waals surface area contributed by atoms with Crippen LogP contribution in [0, 0.1) is 5.82 Å². The fourth-order valence-electron chi connectivity index (χ4n) is 5.76. The van der Waals surface area contributed by atoms with Gasteiger partial charge in [0.1, 0.15) is 47.3 Å². The highest BCUT2D eigenvalue weighted by molar-refractivity contribution is 6.74. The summed E-state index contributed by atoms with van der Waals surface area (Å²) in [6.07, 6.45) is -3.17. The van der Waals surface area contributed by atoms with Crippen molar-refractivity contribution in [2.75, 3.05) is 20.8 Å². The van der Waals surface area contributed by atoms with Crippen LogP contribution in [0.3, 0.4) is 0 Å². The van der Waals surface area contributed by atoms with Crippen molar-refractivity contribution >= 4 is 8.32 Å². The van der Waals surface area contributed by atoms with Gasteiger partial charge in [-0.1, -0.05) is 87.5 Å². The molecule has 0 aliphatic carbocycles. The molecular weight excluding hydrogens is 599 g/mol. The third-order valence-corrected chi connectivity index (χ3v) is 13.9. The van der Waals surface area contributed by atoms with Crippen molar-refractivity contribution in [2.24, 2.45) is 0 Å². The van der Waals surface area contributed by atoms with Crippen LogP contribution in [0.2, 0.25) is 18.1 Å². The molecule has 1 aliphatic rings. The van der Waals surface area contributed by atoms with E-state index in [1.54, 1.807) is 20.3 Å². The molecule has 46 heavy (non-hydrogen) atoms. The third kappa shape index (κ3) is 6.77. The topological polar surface area (TPSA) is 66.4 Å². The summed E-state index contributed by atoms with van der Waals surface area (Å²) in [6, 6.07) is 31.9. The van der Waals surface area contributed by atoms with E-state index in [1.807, 2.05) is 84.9 Å². The lowest BCUT2D eigenvalue weighted by Crippen LogP contribution is -2.48. The van der Waals surface area contributed by atoms with E-state index >= 15 is 0 Å². The smallest absolute Gasteiger partial charge is 0.192 e. The van der Waals surface area contributed by atoms with E-state index in [-0.39, 0.29) is 17.5 Å². The van der Waals surface area contributed by atoms with E-state index in [4.69, 9.17) is 23.4 Å². The van der Waals surface area contributed by atoms with Crippen molar-refractivity contribution < 1.29 is 32.9 Å². The Hall–Kier alpha value is -3.53. The Balaban J connectivity index is 1.57. The molecule has 4 aromatic rings. The van der Waals surface area contributed by atoms with E-state index < -0.39 is 38.3 Å². The third-order valence-electron chi connectivity index (χ3n) is 9.39. The number of benzene rings is 4. The van der Waals surface area contributed by atoms with Crippen LogP contribution in [-0.4, -0.2) is 52.6 Å². The second-order valence-electron chi connectivity index (χ2n) is 13.3. The predicted molar refractivity (Wildman–Crippen MR) is 180 cm³/mol. The summed E-state index contributed by atoms with van der Waals surface area (Å²) in [4.78, 5) is 0. The monoisotopic (exact) mass is 644 g/mol. The Morgan fingerprint density at radius 1 is 0.761 bits per heavy atom. The SMILES string of the molecule is COc1ccc(C(OC[C@H]2O[C@@H](c3cccc(F)c3)[C@H](O[Si](C)(C)C(C)(C)C)[C@@H]2O)(c2ccccc2)c2ccc(OC)cc2)cc1. The van der Waals surface area contributed by atoms with Crippen molar-refractivity contribution in [1.29, 1.82) is 0 Å². The van der Waals surface area contributed by atoms with E-state index in [1.165, 1.54) is 12.1 Å². The van der Waals surface area contributed by atoms with Crippen LogP contribution in [0.4, 0.5) is 4.39 Å². The van der Waals surface area contributed by atoms with Gasteiger partial charge >= 0.3 is 0 Å². The second kappa shape index (κ2) is 13.7. The molecule has 4 atom stereocenters. The first kappa shape index (κ1) is 33.8. The largest absolute Gasteiger partial charge is 0.497 e. The molecule has 1 saturated heterocycles. The van der Waals surface area contributed by atoms with Crippen LogP contribution < -0.4 is 9.47 Å². The van der Waals surface area contributed by atoms with Crippen molar-refractivity contribution in [3.8, 4) is 11.5 Å². The lowest BCUT2D eigenvalue weighted by Gasteiger charge is -2.40. The number of aliphatic hydroxyl groups excluding tert-OH is 1. The van der Waals surface area contributed by atoms with Crippen LogP contribution in [0.5, 0.6) is 11.5 Å². The molecule has 0 saturated carbocycles. The molecule has 1 aliphatic heterocycles. The molecule has 0 aromatic heterocycles. The van der Waals surface area contributed by atoms with Gasteiger partial charge in [0.2, 0.25) is 0 Å². The maximum Gasteiger partial charge on any atom is 0.192 e. The summed E-state index contributed by atoms with van der Waals surface area (Å²) >= 11 is 0. The molecular formula is C38H45FO6Si. The molecule has 0 unspecified atom stereocenters. The van der Waals surface area contributed by atoms with E-state index in [9.17, 15) is 9.50 Å². The van der Waals surface area contributed by atoms with Crippen LogP contribution in [0.1, 0.15) is 49.1 Å². The average Bonchev–Trinajstić information content (AvgIpc) is 3.35. The molecule has 4 aromatic carbocycles. The average molecular weight is 645 g/mol. The lowest BCUT2D eigenvalue weighted by molar-refractivity contribution is -0.0828. The summed E-state index contributed by atoms with van der Waals surface area (Å²) in [7, 11) is 0.905. The lowest BCUT2D eigenvalue weighted by atomic mass is 9.80. The zero-order chi connectivity index (χ0) is 33.1. The van der Waals surface area contributed by atoms with Gasteiger partial charge in [-0.05, 0) is 76.8 Å². The molecule has 0 spiro atoms. The minimum Gasteiger partial charge on any atom is -0.497 e. The van der Waals surface area contributed by atoms with Gasteiger partial charge in [-0.3, -0.25) is 0 Å². The van der Waals surface area contributed by atoms with Crippen LogP contribution in [0.25, 0.3) is 0 Å². The van der Waals surface area contributed by atoms with Gasteiger partial charge < -0.3 is 28.5 Å². The minimum atomic E-state index is -2.36. The molecule has 6 nitrogen and oxygen atoms in total. The molecule has 1 N–H and O–H groups in total. The number of methoxy groups -OCH3 is 2. The number of hydrogen-bond acceptors (Lipinski definition) is 6. The highest BCUT2D eigenvalue weighted by Crippen LogP contribution is 2.46. The number of halogens is 1. The molecule has 0 amide bonds. The van der Waals surface area contributed by atoms with Gasteiger partial charge in [-0.15, -0.1) is 0 Å². The quantitative estimate of drug-likeness (QED) is 0.132. The number of ether oxygens (including phenoxy) is 4. The Labute approximate surface area is 273 Å². The number of rotatable bonds is 11. The first-order chi connectivity index (χ1) is 21.9. The van der Waals surface area contributed by atoms with Gasteiger partial charge in [-0.2, -0.15) is 0 Å². The highest BCUT2D eigenvalue weighted by Gasteiger charge is 2.51. The highest BCUT2D eigenvalue weighted by atomic mass is 28.4. The maximum absolute atomic E-state index is 14.5. The van der Waals surface area contributed by atoms with Gasteiger partial charge in [-0.25, -0.2) is 4.39 Å². The molecule has 1 fully saturated rings. The first-order valence-corrected chi connectivity index (χ1v) is 18.6. The Bertz CT molecular complexity index is 1520. The first-order valence-electron chi connectivity index (χ1n) is 15.6. The summed E-state index contributed by atoms with van der Waals surface area (Å²) in [5.74, 6) is 1.07. The standard InChI is InChI=1S/C38H45FO6Si/c1-37(2,3)46(6,7)45-36-34(40)33(44-35(36)26-12-11-15-30(39)24-26)25-43-38(27-13-9-8-10-14-27,28-16-20-31(41-4)21-17-28)29-18-22-32(42-5)23-19-29/h8-24,33-36,40H,25H2,1-7H3/t33-,34-,35+,36-/m1/s1. The number of aliphatic hydroxyl groups is 1. The predicted octanol–water partition coefficient (Wildman–Crippen LogP) is 8.04. The van der Waals surface area contributed by atoms with E-state index in [0.717, 1.165) is 28.2 Å². The second-order valence-corrected chi connectivity index (χ2v) is 18.1. The summed E-state index contributed by atoms with van der Waals surface area (Å²) in [5, 5.41) is 11.8. The molecule has 0 radical (unpaired) electrons. The maximum atomic E-state index is 14.5. The Morgan fingerprint density at radius 3 is 1.80 bits per heavy atom. The number of hydrogen-bond donors (Lipinski definition) is 1. The summed E-state index contributed by atoms with van der Waals surface area (Å²) in [6.45, 7) is 10.8. The molecule has 1 heterocycles. The van der Waals surface area contributed by atoms with E-state index in [0.29, 0.717) is 5.56 Å². The van der Waals surface area contributed by atoms with Crippen LogP contribution >= 0.6 is 0 Å². The summed E-state index contributed by atoms with van der Waals surface area (Å²) < 4.78 is 45.8. The van der Waals surface area contributed by atoms with Crippen molar-refractivity contribution in [1.82, 2.24) is 0 Å². The summed E-state index contributed by atoms with van der Waals surface area (Å²) in [5.41, 5.74) is 2.16.